The predicted octanol–water partition coefficient (Wildman–Crippen LogP) is -0.0719. The third kappa shape index (κ3) is 80.1. The zero-order chi connectivity index (χ0) is 34.0. The van der Waals surface area contributed by atoms with Crippen LogP contribution in [0.5, 0.6) is 0 Å². The average molecular weight is 766 g/mol. The van der Waals surface area contributed by atoms with Gasteiger partial charge in [-0.2, -0.15) is 13.5 Å². The minimum atomic E-state index is -0.165. The highest BCUT2D eigenvalue weighted by molar-refractivity contribution is 7.59. The first-order chi connectivity index (χ1) is 20.9. The van der Waals surface area contributed by atoms with E-state index in [-0.39, 0.29) is 74.9 Å². The summed E-state index contributed by atoms with van der Waals surface area (Å²) in [6.45, 7) is 18.1. The van der Waals surface area contributed by atoms with E-state index in [0.29, 0.717) is 72.4 Å². The molecule has 0 saturated heterocycles. The molecule has 0 spiro atoms. The van der Waals surface area contributed by atoms with Gasteiger partial charge in [-0.3, -0.25) is 19.3 Å². The fraction of sp³-hybridized carbons (Fsp3) is 0.710. The molecule has 0 aromatic rings. The number of nitrogens with zero attached hydrogens (tertiary/aromatic N) is 1. The van der Waals surface area contributed by atoms with E-state index < -0.39 is 0 Å². The zero-order valence-electron chi connectivity index (χ0n) is 28.2. The van der Waals surface area contributed by atoms with Crippen molar-refractivity contribution in [2.45, 2.75) is 68.2 Å². The Bertz CT molecular complexity index is 651. The van der Waals surface area contributed by atoms with Crippen LogP contribution < -0.4 is 22.5 Å². The molecular weight excluding hydrogens is 682 g/mol. The van der Waals surface area contributed by atoms with Gasteiger partial charge in [-0.25, -0.2) is 0 Å². The number of hydrogen-bond donors (Lipinski definition) is 5. The van der Waals surface area contributed by atoms with Crippen molar-refractivity contribution in [3.63, 3.8) is 0 Å². The van der Waals surface area contributed by atoms with Gasteiger partial charge in [-0.05, 0) is 26.3 Å². The van der Waals surface area contributed by atoms with Gasteiger partial charge < -0.3 is 72.6 Å². The molecule has 2 amide bonds. The van der Waals surface area contributed by atoms with Crippen LogP contribution in [-0.2, 0) is 42.9 Å². The summed E-state index contributed by atoms with van der Waals surface area (Å²) in [5.41, 5.74) is 15.3. The van der Waals surface area contributed by atoms with E-state index in [0.717, 1.165) is 31.6 Å². The first-order valence-corrected chi connectivity index (χ1v) is 13.9. The van der Waals surface area contributed by atoms with E-state index >= 15 is 0 Å². The van der Waals surface area contributed by atoms with E-state index in [4.69, 9.17) is 46.1 Å². The number of aliphatic hydroxyl groups is 1. The summed E-state index contributed by atoms with van der Waals surface area (Å²) in [6, 6.07) is 0. The summed E-state index contributed by atoms with van der Waals surface area (Å²) >= 11 is 0. The van der Waals surface area contributed by atoms with E-state index in [9.17, 15) is 14.4 Å². The number of amides is 2. The SMILES string of the molecule is C.C.C.C=C(C)OCCNCCO.C=O.C=O.CCCCCCN1C(=O)C=CC1=O.NCCCOCN.NCCOCCOC=O.O.O.O.S.[HH].[HH].[HH]. The van der Waals surface area contributed by atoms with E-state index in [2.05, 4.69) is 23.6 Å². The third-order valence-electron chi connectivity index (χ3n) is 4.34. The quantitative estimate of drug-likeness (QED) is 0.0336. The van der Waals surface area contributed by atoms with Crippen LogP contribution in [-0.4, -0.2) is 137 Å². The summed E-state index contributed by atoms with van der Waals surface area (Å²) < 4.78 is 19.0. The molecule has 0 aromatic carbocycles. The molecule has 0 unspecified atom stereocenters. The van der Waals surface area contributed by atoms with E-state index in [1.165, 1.54) is 29.9 Å². The normalized spacial score (nSPS) is 9.12. The number of unbranched alkanes of at least 4 members (excludes halogenated alkanes) is 3. The van der Waals surface area contributed by atoms with Crippen molar-refractivity contribution in [1.82, 2.24) is 10.2 Å². The molecule has 0 aromatic heterocycles. The standard InChI is InChI=1S/C10H15NO2.C7H15NO2.C5H11NO3.C4H12N2O.2CH2O.3CH4.3H2O.H2S.3H2/c1-2-3-4-5-8-11-9(12)6-7-10(11)13;1-7(2)10-6-4-8-3-5-9;6-1-2-8-3-4-9-5-7;5-2-1-3-7-4-6;2*1-2;;;;;;;;;;/h6-7H,2-5,8H2,1H3;8-9H,1,3-6H2,2H3;5H,1-4,6H2;1-6H2;2*1H2;3*1H4;4*1H2;3*1H. The second-order valence-electron chi connectivity index (χ2n) is 7.83. The highest BCUT2D eigenvalue weighted by atomic mass is 32.1. The van der Waals surface area contributed by atoms with Gasteiger partial charge in [0, 0.05) is 49.2 Å². The van der Waals surface area contributed by atoms with E-state index in [1.54, 1.807) is 0 Å². The molecule has 19 heteroatoms. The molecule has 0 atom stereocenters. The molecule has 50 heavy (non-hydrogen) atoms. The topological polar surface area (TPSA) is 330 Å². The number of carbonyl (C=O) groups excluding carboxylic acids is 5. The van der Waals surface area contributed by atoms with Crippen LogP contribution >= 0.6 is 13.5 Å². The lowest BCUT2D eigenvalue weighted by atomic mass is 10.2. The van der Waals surface area contributed by atoms with Crippen LogP contribution in [0, 0.1) is 0 Å². The largest absolute Gasteiger partial charge is 0.498 e. The van der Waals surface area contributed by atoms with Gasteiger partial charge in [0.2, 0.25) is 0 Å². The number of rotatable bonds is 21. The number of imide groups is 1. The molecule has 14 N–H and O–H groups in total. The van der Waals surface area contributed by atoms with Gasteiger partial charge in [0.1, 0.15) is 26.8 Å². The minimum absolute atomic E-state index is 0. The van der Waals surface area contributed by atoms with Crippen molar-refractivity contribution in [2.75, 3.05) is 79.1 Å². The Morgan fingerprint density at radius 1 is 0.840 bits per heavy atom. The molecular formula is C31H83N5O13S. The Morgan fingerprint density at radius 3 is 1.78 bits per heavy atom. The molecule has 1 aliphatic rings. The van der Waals surface area contributed by atoms with Crippen molar-refractivity contribution in [3.8, 4) is 0 Å². The third-order valence-corrected chi connectivity index (χ3v) is 4.34. The van der Waals surface area contributed by atoms with Gasteiger partial charge in [0.25, 0.3) is 18.3 Å². The molecule has 316 valence electrons. The van der Waals surface area contributed by atoms with Crippen molar-refractivity contribution in [1.29, 1.82) is 0 Å². The average Bonchev–Trinajstić information content (AvgIpc) is 3.34. The highest BCUT2D eigenvalue weighted by Gasteiger charge is 2.21. The van der Waals surface area contributed by atoms with Crippen LogP contribution in [0.3, 0.4) is 0 Å². The lowest BCUT2D eigenvalue weighted by Gasteiger charge is -2.12. The van der Waals surface area contributed by atoms with Crippen molar-refractivity contribution in [3.05, 3.63) is 24.5 Å². The molecule has 1 rings (SSSR count). The Kier molecular flexibility index (Phi) is 131. The van der Waals surface area contributed by atoms with Crippen LogP contribution in [0.1, 0.15) is 72.5 Å². The number of nitrogens with two attached hydrogens (primary N) is 3. The number of carbonyl (C=O) groups is 5. The fourth-order valence-corrected chi connectivity index (χ4v) is 2.46. The summed E-state index contributed by atoms with van der Waals surface area (Å²) in [4.78, 5) is 49.0. The molecule has 0 radical (unpaired) electrons. The second-order valence-corrected chi connectivity index (χ2v) is 7.83. The molecule has 0 aliphatic carbocycles. The molecule has 1 aliphatic heterocycles. The Balaban J connectivity index is -0.0000000259. The number of ether oxygens (including phenoxy) is 4. The van der Waals surface area contributed by atoms with Crippen molar-refractivity contribution < 1.29 is 68.7 Å². The summed E-state index contributed by atoms with van der Waals surface area (Å²) in [5.74, 6) is 0.397. The Hall–Kier alpha value is -2.82. The fourth-order valence-electron chi connectivity index (χ4n) is 2.46. The monoisotopic (exact) mass is 766 g/mol. The van der Waals surface area contributed by atoms with Crippen LogP contribution in [0.4, 0.5) is 0 Å². The molecule has 0 saturated carbocycles. The number of nitrogens with one attached hydrogen (secondary N) is 1. The lowest BCUT2D eigenvalue weighted by Crippen LogP contribution is -2.30. The predicted molar refractivity (Wildman–Crippen MR) is 213 cm³/mol. The van der Waals surface area contributed by atoms with Crippen molar-refractivity contribution >= 4 is 45.4 Å². The molecule has 0 fully saturated rings. The maximum absolute atomic E-state index is 11.1. The number of allylic oxidation sites excluding steroid dienone is 1. The van der Waals surface area contributed by atoms with Crippen LogP contribution in [0.2, 0.25) is 0 Å². The second kappa shape index (κ2) is 80.7. The van der Waals surface area contributed by atoms with Gasteiger partial charge in [0.05, 0.1) is 32.3 Å². The van der Waals surface area contributed by atoms with Crippen LogP contribution in [0.25, 0.3) is 0 Å². The Morgan fingerprint density at radius 2 is 1.38 bits per heavy atom. The maximum Gasteiger partial charge on any atom is 0.293 e. The highest BCUT2D eigenvalue weighted by Crippen LogP contribution is 2.07. The number of aliphatic hydroxyl groups excluding tert-OH is 1. The molecule has 18 nitrogen and oxygen atoms in total. The van der Waals surface area contributed by atoms with Gasteiger partial charge in [-0.1, -0.05) is 55.0 Å². The smallest absolute Gasteiger partial charge is 0.293 e. The van der Waals surface area contributed by atoms with Crippen LogP contribution in [0.15, 0.2) is 24.5 Å². The minimum Gasteiger partial charge on any atom is -0.498 e. The Labute approximate surface area is 313 Å². The van der Waals surface area contributed by atoms with E-state index in [1.807, 2.05) is 20.5 Å². The van der Waals surface area contributed by atoms with Gasteiger partial charge in [-0.15, -0.1) is 0 Å². The number of hydrogen-bond acceptors (Lipinski definition) is 14. The molecule has 1 heterocycles. The van der Waals surface area contributed by atoms with Gasteiger partial charge in [0.15, 0.2) is 0 Å². The molecule has 0 bridgehead atoms. The van der Waals surface area contributed by atoms with Gasteiger partial charge >= 0.3 is 0 Å². The summed E-state index contributed by atoms with van der Waals surface area (Å²) in [7, 11) is 0. The summed E-state index contributed by atoms with van der Waals surface area (Å²) in [5, 5.41) is 11.3. The first-order valence-electron chi connectivity index (χ1n) is 13.9. The summed E-state index contributed by atoms with van der Waals surface area (Å²) in [6.07, 6.45) is 7.92. The first kappa shape index (κ1) is 81.3. The lowest BCUT2D eigenvalue weighted by molar-refractivity contribution is -0.137. The maximum atomic E-state index is 11.1. The van der Waals surface area contributed by atoms with Crippen molar-refractivity contribution in [2.24, 2.45) is 17.2 Å². The zero-order valence-corrected chi connectivity index (χ0v) is 29.2.